The number of rotatable bonds is 2. The fraction of sp³-hybridized carbons (Fsp3) is 0.824. The molecule has 0 unspecified atom stereocenters. The molecule has 0 radical (unpaired) electrons. The molecule has 3 fully saturated rings. The molecule has 0 atom stereocenters. The predicted octanol–water partition coefficient (Wildman–Crippen LogP) is 0.716. The second-order valence-corrected chi connectivity index (χ2v) is 7.36. The molecule has 6 heteroatoms. The molecule has 0 spiro atoms. The fourth-order valence-electron chi connectivity index (χ4n) is 3.69. The van der Waals surface area contributed by atoms with Crippen LogP contribution in [0.5, 0.6) is 0 Å². The summed E-state index contributed by atoms with van der Waals surface area (Å²) >= 11 is 0. The first-order valence-corrected chi connectivity index (χ1v) is 8.78. The topological polar surface area (TPSA) is 60.9 Å². The number of carbonyl (C=O) groups is 3. The fourth-order valence-corrected chi connectivity index (χ4v) is 3.69. The molecule has 3 aliphatic rings. The zero-order valence-corrected chi connectivity index (χ0v) is 14.2. The van der Waals surface area contributed by atoms with Crippen molar-refractivity contribution in [3.63, 3.8) is 0 Å². The van der Waals surface area contributed by atoms with Gasteiger partial charge in [-0.25, -0.2) is 0 Å². The number of hydrogen-bond donors (Lipinski definition) is 0. The van der Waals surface area contributed by atoms with E-state index in [2.05, 4.69) is 6.92 Å². The van der Waals surface area contributed by atoms with Crippen molar-refractivity contribution in [3.8, 4) is 0 Å². The van der Waals surface area contributed by atoms with Crippen molar-refractivity contribution in [1.82, 2.24) is 14.7 Å². The van der Waals surface area contributed by atoms with E-state index >= 15 is 0 Å². The summed E-state index contributed by atoms with van der Waals surface area (Å²) in [6.45, 7) is 7.59. The molecule has 128 valence electrons. The van der Waals surface area contributed by atoms with Crippen LogP contribution in [0.1, 0.15) is 39.5 Å². The van der Waals surface area contributed by atoms with Crippen LogP contribution in [-0.2, 0) is 14.4 Å². The molecule has 0 bridgehead atoms. The van der Waals surface area contributed by atoms with E-state index in [-0.39, 0.29) is 17.7 Å². The van der Waals surface area contributed by atoms with Gasteiger partial charge in [0.15, 0.2) is 0 Å². The highest BCUT2D eigenvalue weighted by Crippen LogP contribution is 2.49. The quantitative estimate of drug-likeness (QED) is 0.704. The smallest absolute Gasteiger partial charge is 0.238 e. The zero-order valence-electron chi connectivity index (χ0n) is 14.2. The zero-order chi connectivity index (χ0) is 16.6. The van der Waals surface area contributed by atoms with Crippen molar-refractivity contribution in [1.29, 1.82) is 0 Å². The second kappa shape index (κ2) is 6.13. The number of nitrogens with zero attached hydrogens (tertiary/aromatic N) is 3. The van der Waals surface area contributed by atoms with Crippen molar-refractivity contribution in [2.75, 3.05) is 39.3 Å². The maximum Gasteiger partial charge on any atom is 0.238 e. The Morgan fingerprint density at radius 2 is 1.22 bits per heavy atom. The Kier molecular flexibility index (Phi) is 4.34. The number of likely N-dealkylation sites (tertiary alicyclic amines) is 1. The van der Waals surface area contributed by atoms with Crippen LogP contribution in [0.3, 0.4) is 0 Å². The van der Waals surface area contributed by atoms with Gasteiger partial charge in [-0.1, -0.05) is 6.92 Å². The van der Waals surface area contributed by atoms with Crippen LogP contribution in [0.25, 0.3) is 0 Å². The normalized spacial score (nSPS) is 24.5. The first kappa shape index (κ1) is 16.3. The Morgan fingerprint density at radius 1 is 0.783 bits per heavy atom. The third kappa shape index (κ3) is 3.08. The summed E-state index contributed by atoms with van der Waals surface area (Å²) in [6, 6.07) is 0. The van der Waals surface area contributed by atoms with E-state index in [1.54, 1.807) is 16.7 Å². The number of piperazine rings is 1. The van der Waals surface area contributed by atoms with Crippen LogP contribution < -0.4 is 0 Å². The third-order valence-corrected chi connectivity index (χ3v) is 5.65. The summed E-state index contributed by atoms with van der Waals surface area (Å²) in [7, 11) is 0. The summed E-state index contributed by atoms with van der Waals surface area (Å²) in [5.74, 6) is 0.758. The molecule has 0 aromatic carbocycles. The number of amides is 3. The molecule has 6 nitrogen and oxygen atoms in total. The van der Waals surface area contributed by atoms with Gasteiger partial charge in [0.2, 0.25) is 17.7 Å². The third-order valence-electron chi connectivity index (χ3n) is 5.65. The molecule has 0 aromatic rings. The van der Waals surface area contributed by atoms with Gasteiger partial charge in [-0.3, -0.25) is 14.4 Å². The Hall–Kier alpha value is -1.59. The molecule has 2 saturated heterocycles. The molecule has 1 saturated carbocycles. The van der Waals surface area contributed by atoms with Gasteiger partial charge in [0.05, 0.1) is 0 Å². The Morgan fingerprint density at radius 3 is 1.65 bits per heavy atom. The van der Waals surface area contributed by atoms with Crippen molar-refractivity contribution in [2.24, 2.45) is 11.3 Å². The van der Waals surface area contributed by atoms with Gasteiger partial charge in [-0.05, 0) is 31.6 Å². The number of hydrogen-bond acceptors (Lipinski definition) is 3. The van der Waals surface area contributed by atoms with E-state index in [0.29, 0.717) is 44.9 Å². The van der Waals surface area contributed by atoms with E-state index in [1.165, 1.54) is 0 Å². The van der Waals surface area contributed by atoms with E-state index in [0.717, 1.165) is 25.9 Å². The first-order chi connectivity index (χ1) is 10.9. The van der Waals surface area contributed by atoms with E-state index < -0.39 is 5.41 Å². The van der Waals surface area contributed by atoms with E-state index in [9.17, 15) is 14.4 Å². The lowest BCUT2D eigenvalue weighted by Crippen LogP contribution is -2.54. The minimum absolute atomic E-state index is 0.00989. The lowest BCUT2D eigenvalue weighted by Gasteiger charge is -2.38. The largest absolute Gasteiger partial charge is 0.342 e. The van der Waals surface area contributed by atoms with Gasteiger partial charge in [0.25, 0.3) is 0 Å². The van der Waals surface area contributed by atoms with Crippen LogP contribution in [0.2, 0.25) is 0 Å². The monoisotopic (exact) mass is 321 g/mol. The standard InChI is InChI=1S/C17H27N3O3/c1-13-3-7-19(8-4-13)15(22)17(5-6-17)16(23)20-11-9-18(10-12-20)14(2)21/h13H,3-12H2,1-2H3. The molecule has 0 aromatic heterocycles. The maximum absolute atomic E-state index is 12.9. The Bertz CT molecular complexity index is 499. The Balaban J connectivity index is 1.60. The van der Waals surface area contributed by atoms with Crippen LogP contribution in [0.4, 0.5) is 0 Å². The average molecular weight is 321 g/mol. The molecular formula is C17H27N3O3. The minimum atomic E-state index is -0.779. The highest BCUT2D eigenvalue weighted by molar-refractivity contribution is 6.08. The molecule has 3 amide bonds. The van der Waals surface area contributed by atoms with Gasteiger partial charge in [-0.15, -0.1) is 0 Å². The van der Waals surface area contributed by atoms with Crippen molar-refractivity contribution in [2.45, 2.75) is 39.5 Å². The van der Waals surface area contributed by atoms with Crippen LogP contribution >= 0.6 is 0 Å². The van der Waals surface area contributed by atoms with Gasteiger partial charge in [0, 0.05) is 46.2 Å². The highest BCUT2D eigenvalue weighted by Gasteiger charge is 2.59. The maximum atomic E-state index is 12.9. The van der Waals surface area contributed by atoms with Crippen molar-refractivity contribution in [3.05, 3.63) is 0 Å². The number of piperidine rings is 1. The summed E-state index contributed by atoms with van der Waals surface area (Å²) in [4.78, 5) is 42.6. The van der Waals surface area contributed by atoms with Gasteiger partial charge < -0.3 is 14.7 Å². The SMILES string of the molecule is CC(=O)N1CCN(C(=O)C2(C(=O)N3CCC(C)CC3)CC2)CC1. The summed E-state index contributed by atoms with van der Waals surface area (Å²) in [6.07, 6.45) is 3.44. The van der Waals surface area contributed by atoms with Crippen LogP contribution in [0, 0.1) is 11.3 Å². The predicted molar refractivity (Wildman–Crippen MR) is 85.5 cm³/mol. The van der Waals surface area contributed by atoms with Crippen LogP contribution in [0.15, 0.2) is 0 Å². The van der Waals surface area contributed by atoms with Crippen LogP contribution in [-0.4, -0.2) is 71.7 Å². The molecule has 2 heterocycles. The van der Waals surface area contributed by atoms with E-state index in [1.807, 2.05) is 4.90 Å². The lowest BCUT2D eigenvalue weighted by atomic mass is 9.96. The van der Waals surface area contributed by atoms with Gasteiger partial charge in [0.1, 0.15) is 5.41 Å². The van der Waals surface area contributed by atoms with Crippen molar-refractivity contribution >= 4 is 17.7 Å². The second-order valence-electron chi connectivity index (χ2n) is 7.36. The Labute approximate surface area is 137 Å². The summed E-state index contributed by atoms with van der Waals surface area (Å²) in [5.41, 5.74) is -0.779. The minimum Gasteiger partial charge on any atom is -0.342 e. The van der Waals surface area contributed by atoms with Gasteiger partial charge >= 0.3 is 0 Å². The first-order valence-electron chi connectivity index (χ1n) is 8.78. The average Bonchev–Trinajstić information content (AvgIpc) is 3.36. The molecule has 2 aliphatic heterocycles. The number of carbonyl (C=O) groups excluding carboxylic acids is 3. The summed E-state index contributed by atoms with van der Waals surface area (Å²) < 4.78 is 0. The molecule has 3 rings (SSSR count). The molecule has 0 N–H and O–H groups in total. The molecule has 23 heavy (non-hydrogen) atoms. The molecular weight excluding hydrogens is 294 g/mol. The van der Waals surface area contributed by atoms with Gasteiger partial charge in [-0.2, -0.15) is 0 Å². The van der Waals surface area contributed by atoms with Crippen molar-refractivity contribution < 1.29 is 14.4 Å². The lowest BCUT2D eigenvalue weighted by molar-refractivity contribution is -0.152. The summed E-state index contributed by atoms with van der Waals surface area (Å²) in [5, 5.41) is 0. The highest BCUT2D eigenvalue weighted by atomic mass is 16.2. The molecule has 1 aliphatic carbocycles. The van der Waals surface area contributed by atoms with E-state index in [4.69, 9.17) is 0 Å².